The van der Waals surface area contributed by atoms with Gasteiger partial charge in [-0.2, -0.15) is 0 Å². The molecule has 1 aliphatic rings. The molecule has 2 aromatic rings. The van der Waals surface area contributed by atoms with E-state index in [1.807, 2.05) is 13.8 Å². The maximum absolute atomic E-state index is 13.8. The van der Waals surface area contributed by atoms with Gasteiger partial charge in [-0.25, -0.2) is 4.39 Å². The number of benzene rings is 1. The number of aryl methyl sites for hydroxylation is 1. The molecular weight excluding hydrogens is 339 g/mol. The molecule has 4 nitrogen and oxygen atoms in total. The van der Waals surface area contributed by atoms with E-state index >= 15 is 0 Å². The number of thiophene rings is 1. The Morgan fingerprint density at radius 3 is 2.68 bits per heavy atom. The second-order valence-corrected chi connectivity index (χ2v) is 7.70. The lowest BCUT2D eigenvalue weighted by Gasteiger charge is -2.11. The van der Waals surface area contributed by atoms with Gasteiger partial charge in [0.1, 0.15) is 10.8 Å². The van der Waals surface area contributed by atoms with Crippen molar-refractivity contribution in [2.24, 2.45) is 5.92 Å². The van der Waals surface area contributed by atoms with Gasteiger partial charge in [0, 0.05) is 11.4 Å². The van der Waals surface area contributed by atoms with Crippen molar-refractivity contribution in [2.75, 3.05) is 11.9 Å². The first-order valence-corrected chi connectivity index (χ1v) is 9.27. The highest BCUT2D eigenvalue weighted by atomic mass is 32.1. The van der Waals surface area contributed by atoms with E-state index < -0.39 is 11.7 Å². The van der Waals surface area contributed by atoms with Gasteiger partial charge in [0.15, 0.2) is 0 Å². The van der Waals surface area contributed by atoms with Crippen LogP contribution in [0.2, 0.25) is 0 Å². The minimum Gasteiger partial charge on any atom is -0.352 e. The van der Waals surface area contributed by atoms with Crippen molar-refractivity contribution in [3.63, 3.8) is 0 Å². The topological polar surface area (TPSA) is 58.2 Å². The first-order valence-electron chi connectivity index (χ1n) is 8.46. The van der Waals surface area contributed by atoms with Crippen LogP contribution in [-0.2, 0) is 12.8 Å². The summed E-state index contributed by atoms with van der Waals surface area (Å²) in [6.45, 7) is 4.63. The zero-order valence-corrected chi connectivity index (χ0v) is 15.1. The highest BCUT2D eigenvalue weighted by Gasteiger charge is 2.28. The van der Waals surface area contributed by atoms with Gasteiger partial charge in [-0.3, -0.25) is 9.59 Å². The Morgan fingerprint density at radius 2 is 1.96 bits per heavy atom. The Morgan fingerprint density at radius 1 is 1.20 bits per heavy atom. The Labute approximate surface area is 150 Å². The minimum absolute atomic E-state index is 0.0235. The molecule has 1 aromatic carbocycles. The van der Waals surface area contributed by atoms with Crippen LogP contribution < -0.4 is 10.6 Å². The molecule has 1 aromatic heterocycles. The summed E-state index contributed by atoms with van der Waals surface area (Å²) in [6, 6.07) is 5.84. The molecule has 2 amide bonds. The summed E-state index contributed by atoms with van der Waals surface area (Å²) in [7, 11) is 0. The molecule has 0 bridgehead atoms. The predicted octanol–water partition coefficient (Wildman–Crippen LogP) is 4.01. The lowest BCUT2D eigenvalue weighted by atomic mass is 10.1. The first-order chi connectivity index (χ1) is 12.0. The molecule has 6 heteroatoms. The van der Waals surface area contributed by atoms with Gasteiger partial charge in [0.2, 0.25) is 0 Å². The minimum atomic E-state index is -0.574. The zero-order chi connectivity index (χ0) is 18.0. The number of hydrogen-bond acceptors (Lipinski definition) is 3. The number of anilines is 1. The predicted molar refractivity (Wildman–Crippen MR) is 97.9 cm³/mol. The normalized spacial score (nSPS) is 13.0. The van der Waals surface area contributed by atoms with Crippen molar-refractivity contribution < 1.29 is 14.0 Å². The maximum atomic E-state index is 13.8. The third-order valence-corrected chi connectivity index (χ3v) is 5.37. The fourth-order valence-electron chi connectivity index (χ4n) is 2.93. The fourth-order valence-corrected chi connectivity index (χ4v) is 4.22. The van der Waals surface area contributed by atoms with E-state index in [4.69, 9.17) is 0 Å². The van der Waals surface area contributed by atoms with Crippen LogP contribution in [0.15, 0.2) is 24.3 Å². The largest absolute Gasteiger partial charge is 0.352 e. The molecule has 1 heterocycles. The number of nitrogens with one attached hydrogen (secondary N) is 2. The number of halogens is 1. The summed E-state index contributed by atoms with van der Waals surface area (Å²) in [5.41, 5.74) is 1.54. The molecule has 25 heavy (non-hydrogen) atoms. The van der Waals surface area contributed by atoms with Crippen LogP contribution in [0.1, 0.15) is 51.4 Å². The molecule has 0 radical (unpaired) electrons. The SMILES string of the molecule is CC(C)CNC(=O)c1c(NC(=O)c2ccccc2F)sc2c1CCC2. The Hall–Kier alpha value is -2.21. The maximum Gasteiger partial charge on any atom is 0.259 e. The molecule has 0 fully saturated rings. The van der Waals surface area contributed by atoms with Crippen LogP contribution in [0.5, 0.6) is 0 Å². The summed E-state index contributed by atoms with van der Waals surface area (Å²) in [5, 5.41) is 6.18. The second kappa shape index (κ2) is 7.35. The van der Waals surface area contributed by atoms with Gasteiger partial charge in [-0.15, -0.1) is 11.3 Å². The number of fused-ring (bicyclic) bond motifs is 1. The number of hydrogen-bond donors (Lipinski definition) is 2. The third-order valence-electron chi connectivity index (χ3n) is 4.16. The van der Waals surface area contributed by atoms with Crippen molar-refractivity contribution in [2.45, 2.75) is 33.1 Å². The highest BCUT2D eigenvalue weighted by molar-refractivity contribution is 7.17. The number of carbonyl (C=O) groups excluding carboxylic acids is 2. The van der Waals surface area contributed by atoms with Crippen LogP contribution in [0.3, 0.4) is 0 Å². The van der Waals surface area contributed by atoms with Gasteiger partial charge >= 0.3 is 0 Å². The van der Waals surface area contributed by atoms with Gasteiger partial charge < -0.3 is 10.6 Å². The van der Waals surface area contributed by atoms with Crippen molar-refractivity contribution in [1.29, 1.82) is 0 Å². The van der Waals surface area contributed by atoms with Crippen molar-refractivity contribution in [3.8, 4) is 0 Å². The Bertz CT molecular complexity index is 814. The summed E-state index contributed by atoms with van der Waals surface area (Å²) in [5.74, 6) is -0.935. The highest BCUT2D eigenvalue weighted by Crippen LogP contribution is 2.39. The molecule has 132 valence electrons. The molecule has 1 aliphatic carbocycles. The van der Waals surface area contributed by atoms with Crippen molar-refractivity contribution >= 4 is 28.2 Å². The first kappa shape index (κ1) is 17.6. The number of amides is 2. The van der Waals surface area contributed by atoms with Crippen LogP contribution in [0, 0.1) is 11.7 Å². The zero-order valence-electron chi connectivity index (χ0n) is 14.3. The van der Waals surface area contributed by atoms with E-state index in [1.165, 1.54) is 29.5 Å². The smallest absolute Gasteiger partial charge is 0.259 e. The molecule has 0 aliphatic heterocycles. The molecule has 0 unspecified atom stereocenters. The number of rotatable bonds is 5. The summed E-state index contributed by atoms with van der Waals surface area (Å²) in [6.07, 6.45) is 2.78. The van der Waals surface area contributed by atoms with Crippen molar-refractivity contribution in [1.82, 2.24) is 5.32 Å². The monoisotopic (exact) mass is 360 g/mol. The van der Waals surface area contributed by atoms with Gasteiger partial charge in [-0.05, 0) is 42.9 Å². The van der Waals surface area contributed by atoms with E-state index in [1.54, 1.807) is 6.07 Å². The Kier molecular flexibility index (Phi) is 5.18. The molecule has 2 N–H and O–H groups in total. The molecular formula is C19H21FN2O2S. The fraction of sp³-hybridized carbons (Fsp3) is 0.368. The number of carbonyl (C=O) groups is 2. The lowest BCUT2D eigenvalue weighted by molar-refractivity contribution is 0.0949. The molecule has 0 atom stereocenters. The average Bonchev–Trinajstić information content (AvgIpc) is 3.13. The van der Waals surface area contributed by atoms with E-state index in [-0.39, 0.29) is 11.5 Å². The van der Waals surface area contributed by atoms with Gasteiger partial charge in [0.25, 0.3) is 11.8 Å². The summed E-state index contributed by atoms with van der Waals surface area (Å²) < 4.78 is 13.8. The van der Waals surface area contributed by atoms with Crippen LogP contribution in [0.4, 0.5) is 9.39 Å². The van der Waals surface area contributed by atoms with E-state index in [0.717, 1.165) is 29.7 Å². The van der Waals surface area contributed by atoms with Crippen LogP contribution in [0.25, 0.3) is 0 Å². The van der Waals surface area contributed by atoms with Gasteiger partial charge in [-0.1, -0.05) is 26.0 Å². The van der Waals surface area contributed by atoms with E-state index in [2.05, 4.69) is 10.6 Å². The van der Waals surface area contributed by atoms with Crippen LogP contribution in [-0.4, -0.2) is 18.4 Å². The quantitative estimate of drug-likeness (QED) is 0.846. The molecule has 0 saturated carbocycles. The van der Waals surface area contributed by atoms with Gasteiger partial charge in [0.05, 0.1) is 11.1 Å². The summed E-state index contributed by atoms with van der Waals surface area (Å²) >= 11 is 1.42. The Balaban J connectivity index is 1.88. The third kappa shape index (κ3) is 3.74. The summed E-state index contributed by atoms with van der Waals surface area (Å²) in [4.78, 5) is 26.2. The van der Waals surface area contributed by atoms with Crippen molar-refractivity contribution in [3.05, 3.63) is 51.7 Å². The average molecular weight is 360 g/mol. The lowest BCUT2D eigenvalue weighted by Crippen LogP contribution is -2.28. The molecule has 3 rings (SSSR count). The molecule has 0 spiro atoms. The standard InChI is InChI=1S/C19H21FN2O2S/c1-11(2)10-21-18(24)16-13-7-5-9-15(13)25-19(16)22-17(23)12-6-3-4-8-14(12)20/h3-4,6,8,11H,5,7,9-10H2,1-2H3,(H,21,24)(H,22,23). The second-order valence-electron chi connectivity index (χ2n) is 6.60. The van der Waals surface area contributed by atoms with E-state index in [0.29, 0.717) is 23.0 Å². The van der Waals surface area contributed by atoms with E-state index in [9.17, 15) is 14.0 Å². The van der Waals surface area contributed by atoms with Crippen LogP contribution >= 0.6 is 11.3 Å². The molecule has 0 saturated heterocycles.